The standard InChI is InChI=1S/C21H22N4O2/c22-10-17-19(18(11-23)21(26)25-20(17)24)16-8-4-7-15(9-16)13-27-12-14-5-2-1-3-6-14/h4,7-9,14H,1-3,5-6,12-13H2,(H3,24,25,26). The van der Waals surface area contributed by atoms with Crippen molar-refractivity contribution >= 4 is 5.82 Å². The maximum absolute atomic E-state index is 12.1. The van der Waals surface area contributed by atoms with Gasteiger partial charge >= 0.3 is 0 Å². The van der Waals surface area contributed by atoms with Gasteiger partial charge in [0, 0.05) is 12.2 Å². The van der Waals surface area contributed by atoms with E-state index >= 15 is 0 Å². The molecule has 6 nitrogen and oxygen atoms in total. The molecule has 27 heavy (non-hydrogen) atoms. The highest BCUT2D eigenvalue weighted by Gasteiger charge is 2.18. The van der Waals surface area contributed by atoms with Gasteiger partial charge < -0.3 is 15.5 Å². The van der Waals surface area contributed by atoms with Gasteiger partial charge in [-0.15, -0.1) is 0 Å². The van der Waals surface area contributed by atoms with Crippen LogP contribution in [0.5, 0.6) is 0 Å². The molecule has 0 aliphatic heterocycles. The molecule has 0 spiro atoms. The number of pyridine rings is 1. The Morgan fingerprint density at radius 3 is 2.59 bits per heavy atom. The van der Waals surface area contributed by atoms with Crippen LogP contribution in [-0.2, 0) is 11.3 Å². The Hall–Kier alpha value is -3.09. The number of anilines is 1. The Bertz CT molecular complexity index is 960. The van der Waals surface area contributed by atoms with Crippen molar-refractivity contribution in [3.8, 4) is 23.3 Å². The Kier molecular flexibility index (Phi) is 5.90. The molecule has 3 N–H and O–H groups in total. The van der Waals surface area contributed by atoms with Crippen molar-refractivity contribution in [2.45, 2.75) is 38.7 Å². The molecule has 0 saturated heterocycles. The Morgan fingerprint density at radius 2 is 1.89 bits per heavy atom. The number of rotatable bonds is 5. The van der Waals surface area contributed by atoms with Gasteiger partial charge in [-0.05, 0) is 36.0 Å². The van der Waals surface area contributed by atoms with E-state index in [4.69, 9.17) is 10.5 Å². The lowest BCUT2D eigenvalue weighted by molar-refractivity contribution is 0.0739. The minimum atomic E-state index is -0.594. The number of nitrogens with two attached hydrogens (primary N) is 1. The maximum atomic E-state index is 12.1. The van der Waals surface area contributed by atoms with Gasteiger partial charge in [0.15, 0.2) is 0 Å². The molecule has 1 aromatic carbocycles. The van der Waals surface area contributed by atoms with Gasteiger partial charge in [0.05, 0.1) is 6.61 Å². The van der Waals surface area contributed by atoms with E-state index in [1.807, 2.05) is 30.3 Å². The highest BCUT2D eigenvalue weighted by atomic mass is 16.5. The third kappa shape index (κ3) is 4.19. The third-order valence-corrected chi connectivity index (χ3v) is 5.03. The number of aromatic amines is 1. The van der Waals surface area contributed by atoms with Crippen molar-refractivity contribution in [3.05, 3.63) is 51.3 Å². The molecule has 0 unspecified atom stereocenters. The van der Waals surface area contributed by atoms with Crippen LogP contribution < -0.4 is 11.3 Å². The molecule has 1 aromatic heterocycles. The first-order chi connectivity index (χ1) is 13.1. The average Bonchev–Trinajstić information content (AvgIpc) is 2.68. The largest absolute Gasteiger partial charge is 0.384 e. The fourth-order valence-electron chi connectivity index (χ4n) is 3.65. The van der Waals surface area contributed by atoms with E-state index in [-0.39, 0.29) is 22.5 Å². The number of ether oxygens (including phenoxy) is 1. The molecule has 0 amide bonds. The summed E-state index contributed by atoms with van der Waals surface area (Å²) in [6, 6.07) is 11.2. The molecule has 1 fully saturated rings. The highest BCUT2D eigenvalue weighted by Crippen LogP contribution is 2.29. The maximum Gasteiger partial charge on any atom is 0.268 e. The van der Waals surface area contributed by atoms with Crippen molar-refractivity contribution in [2.75, 3.05) is 12.3 Å². The van der Waals surface area contributed by atoms with Gasteiger partial charge in [-0.2, -0.15) is 10.5 Å². The molecule has 1 aliphatic rings. The summed E-state index contributed by atoms with van der Waals surface area (Å²) < 4.78 is 5.89. The SMILES string of the molecule is N#Cc1c(N)[nH]c(=O)c(C#N)c1-c1cccc(COCC2CCCCC2)c1. The van der Waals surface area contributed by atoms with Crippen molar-refractivity contribution in [1.29, 1.82) is 10.5 Å². The molecule has 0 bridgehead atoms. The van der Waals surface area contributed by atoms with Gasteiger partial charge in [-0.25, -0.2) is 0 Å². The van der Waals surface area contributed by atoms with E-state index in [9.17, 15) is 15.3 Å². The molecule has 2 aromatic rings. The summed E-state index contributed by atoms with van der Waals surface area (Å²) in [7, 11) is 0. The highest BCUT2D eigenvalue weighted by molar-refractivity contribution is 5.80. The van der Waals surface area contributed by atoms with Crippen molar-refractivity contribution in [1.82, 2.24) is 4.98 Å². The third-order valence-electron chi connectivity index (χ3n) is 5.03. The Morgan fingerprint density at radius 1 is 1.15 bits per heavy atom. The molecule has 0 atom stereocenters. The summed E-state index contributed by atoms with van der Waals surface area (Å²) >= 11 is 0. The molecule has 6 heteroatoms. The zero-order chi connectivity index (χ0) is 19.2. The quantitative estimate of drug-likeness (QED) is 0.845. The second-order valence-electron chi connectivity index (χ2n) is 6.94. The number of H-pyrrole nitrogens is 1. The van der Waals surface area contributed by atoms with Gasteiger partial charge in [-0.3, -0.25) is 4.79 Å². The van der Waals surface area contributed by atoms with Gasteiger partial charge in [0.1, 0.15) is 29.1 Å². The van der Waals surface area contributed by atoms with Crippen LogP contribution in [0.2, 0.25) is 0 Å². The number of hydrogen-bond acceptors (Lipinski definition) is 5. The molecule has 0 radical (unpaired) electrons. The zero-order valence-corrected chi connectivity index (χ0v) is 15.1. The normalized spacial score (nSPS) is 14.4. The van der Waals surface area contributed by atoms with Crippen molar-refractivity contribution < 1.29 is 4.74 Å². The van der Waals surface area contributed by atoms with Crippen LogP contribution >= 0.6 is 0 Å². The average molecular weight is 362 g/mol. The number of benzene rings is 1. The van der Waals surface area contributed by atoms with Crippen LogP contribution in [0.15, 0.2) is 29.1 Å². The van der Waals surface area contributed by atoms with E-state index in [0.29, 0.717) is 18.1 Å². The predicted octanol–water partition coefficient (Wildman–Crippen LogP) is 3.46. The van der Waals surface area contributed by atoms with Crippen molar-refractivity contribution in [2.24, 2.45) is 5.92 Å². The fraction of sp³-hybridized carbons (Fsp3) is 0.381. The second-order valence-corrected chi connectivity index (χ2v) is 6.94. The number of nitrogen functional groups attached to an aromatic ring is 1. The zero-order valence-electron chi connectivity index (χ0n) is 15.1. The lowest BCUT2D eigenvalue weighted by atomic mass is 9.90. The van der Waals surface area contributed by atoms with Gasteiger partial charge in [0.2, 0.25) is 0 Å². The van der Waals surface area contributed by atoms with E-state index in [2.05, 4.69) is 4.98 Å². The van der Waals surface area contributed by atoms with E-state index < -0.39 is 5.56 Å². The molecule has 1 heterocycles. The molecular formula is C21H22N4O2. The van der Waals surface area contributed by atoms with E-state index in [1.54, 1.807) is 6.07 Å². The van der Waals surface area contributed by atoms with Crippen LogP contribution in [0.25, 0.3) is 11.1 Å². The predicted molar refractivity (Wildman–Crippen MR) is 103 cm³/mol. The second kappa shape index (κ2) is 8.53. The number of aromatic nitrogens is 1. The number of nitrogens with zero attached hydrogens (tertiary/aromatic N) is 2. The van der Waals surface area contributed by atoms with E-state index in [1.165, 1.54) is 32.1 Å². The van der Waals surface area contributed by atoms with Crippen LogP contribution in [0.3, 0.4) is 0 Å². The van der Waals surface area contributed by atoms with Gasteiger partial charge in [0.25, 0.3) is 5.56 Å². The van der Waals surface area contributed by atoms with Crippen LogP contribution in [-0.4, -0.2) is 11.6 Å². The molecular weight excluding hydrogens is 340 g/mol. The number of nitrogens with one attached hydrogen (secondary N) is 1. The lowest BCUT2D eigenvalue weighted by Gasteiger charge is -2.21. The molecule has 3 rings (SSSR count). The topological polar surface area (TPSA) is 116 Å². The molecule has 1 aliphatic carbocycles. The van der Waals surface area contributed by atoms with E-state index in [0.717, 1.165) is 12.2 Å². The summed E-state index contributed by atoms with van der Waals surface area (Å²) in [5.41, 5.74) is 6.99. The Balaban J connectivity index is 1.85. The molecule has 138 valence electrons. The summed E-state index contributed by atoms with van der Waals surface area (Å²) in [6.07, 6.45) is 6.33. The lowest BCUT2D eigenvalue weighted by Crippen LogP contribution is -2.16. The summed E-state index contributed by atoms with van der Waals surface area (Å²) in [5.74, 6) is 0.597. The molecule has 1 saturated carbocycles. The minimum Gasteiger partial charge on any atom is -0.384 e. The minimum absolute atomic E-state index is 0.0320. The van der Waals surface area contributed by atoms with Crippen LogP contribution in [0, 0.1) is 28.6 Å². The number of nitriles is 2. The van der Waals surface area contributed by atoms with Gasteiger partial charge in [-0.1, -0.05) is 37.5 Å². The fourth-order valence-corrected chi connectivity index (χ4v) is 3.65. The van der Waals surface area contributed by atoms with Crippen molar-refractivity contribution in [3.63, 3.8) is 0 Å². The Labute approximate surface area is 158 Å². The summed E-state index contributed by atoms with van der Waals surface area (Å²) in [4.78, 5) is 14.4. The summed E-state index contributed by atoms with van der Waals surface area (Å²) in [5, 5.41) is 18.8. The first-order valence-corrected chi connectivity index (χ1v) is 9.17. The van der Waals surface area contributed by atoms with Crippen LogP contribution in [0.1, 0.15) is 48.8 Å². The van der Waals surface area contributed by atoms with Crippen LogP contribution in [0.4, 0.5) is 5.82 Å². The first-order valence-electron chi connectivity index (χ1n) is 9.17. The smallest absolute Gasteiger partial charge is 0.268 e. The number of hydrogen-bond donors (Lipinski definition) is 2. The monoisotopic (exact) mass is 362 g/mol. The first kappa shape index (κ1) is 18.7. The summed E-state index contributed by atoms with van der Waals surface area (Å²) in [6.45, 7) is 1.20.